The lowest BCUT2D eigenvalue weighted by Crippen LogP contribution is -2.35. The van der Waals surface area contributed by atoms with Gasteiger partial charge in [0.1, 0.15) is 0 Å². The lowest BCUT2D eigenvalue weighted by atomic mass is 10.1. The van der Waals surface area contributed by atoms with E-state index in [-0.39, 0.29) is 19.1 Å². The molecule has 0 aliphatic carbocycles. The summed E-state index contributed by atoms with van der Waals surface area (Å²) in [5, 5.41) is 17.9. The molecule has 0 spiro atoms. The molecule has 0 aromatic carbocycles. The number of hydrogen-bond donors (Lipinski definition) is 2. The minimum Gasteiger partial charge on any atom is -0.395 e. The molecule has 0 bridgehead atoms. The Morgan fingerprint density at radius 2 is 1.31 bits per heavy atom. The largest absolute Gasteiger partial charge is 0.395 e. The molecule has 0 atom stereocenters. The summed E-state index contributed by atoms with van der Waals surface area (Å²) in [5.74, 6) is 0.0405. The molecule has 0 rings (SSSR count). The minimum atomic E-state index is -0.0477. The molecule has 0 radical (unpaired) electrons. The van der Waals surface area contributed by atoms with Crippen LogP contribution < -0.4 is 0 Å². The van der Waals surface area contributed by atoms with E-state index >= 15 is 0 Å². The van der Waals surface area contributed by atoms with Gasteiger partial charge in [0.2, 0.25) is 5.91 Å². The molecule has 0 aliphatic heterocycles. The second kappa shape index (κ2) is 20.2. The van der Waals surface area contributed by atoms with Gasteiger partial charge in [0.25, 0.3) is 0 Å². The van der Waals surface area contributed by atoms with E-state index in [0.717, 1.165) is 25.7 Å². The van der Waals surface area contributed by atoms with E-state index in [1.54, 1.807) is 4.90 Å². The van der Waals surface area contributed by atoms with Crippen LogP contribution in [0.1, 0.15) is 84.0 Å². The summed E-state index contributed by atoms with van der Waals surface area (Å²) in [5.41, 5.74) is 0. The first-order valence-electron chi connectivity index (χ1n) is 10.6. The molecule has 152 valence electrons. The zero-order valence-electron chi connectivity index (χ0n) is 16.9. The molecule has 0 fully saturated rings. The van der Waals surface area contributed by atoms with Crippen molar-refractivity contribution in [3.8, 4) is 0 Å². The van der Waals surface area contributed by atoms with Gasteiger partial charge in [0.05, 0.1) is 13.2 Å². The molecule has 4 heteroatoms. The highest BCUT2D eigenvalue weighted by Crippen LogP contribution is 2.09. The van der Waals surface area contributed by atoms with Crippen molar-refractivity contribution in [2.24, 2.45) is 0 Å². The molecular formula is C22H41NO3. The molecule has 1 amide bonds. The maximum absolute atomic E-state index is 11.9. The number of aliphatic hydroxyl groups is 2. The van der Waals surface area contributed by atoms with Crippen molar-refractivity contribution in [1.82, 2.24) is 4.90 Å². The third kappa shape index (κ3) is 16.3. The summed E-state index contributed by atoms with van der Waals surface area (Å²) in [4.78, 5) is 13.5. The van der Waals surface area contributed by atoms with Crippen LogP contribution in [0.3, 0.4) is 0 Å². The molecule has 0 aromatic rings. The molecule has 0 saturated carbocycles. The van der Waals surface area contributed by atoms with Gasteiger partial charge < -0.3 is 15.1 Å². The Kier molecular flexibility index (Phi) is 19.3. The number of carbonyl (C=O) groups excluding carboxylic acids is 1. The van der Waals surface area contributed by atoms with E-state index in [1.807, 2.05) is 0 Å². The topological polar surface area (TPSA) is 60.8 Å². The summed E-state index contributed by atoms with van der Waals surface area (Å²) < 4.78 is 0. The fourth-order valence-corrected chi connectivity index (χ4v) is 2.85. The van der Waals surface area contributed by atoms with Crippen molar-refractivity contribution in [1.29, 1.82) is 0 Å². The molecular weight excluding hydrogens is 326 g/mol. The number of allylic oxidation sites excluding steroid dienone is 4. The van der Waals surface area contributed by atoms with E-state index in [0.29, 0.717) is 19.5 Å². The third-order valence-corrected chi connectivity index (χ3v) is 4.43. The quantitative estimate of drug-likeness (QED) is 0.275. The van der Waals surface area contributed by atoms with Crippen molar-refractivity contribution in [2.75, 3.05) is 26.3 Å². The monoisotopic (exact) mass is 367 g/mol. The zero-order valence-corrected chi connectivity index (χ0v) is 16.9. The van der Waals surface area contributed by atoms with Crippen molar-refractivity contribution in [2.45, 2.75) is 84.0 Å². The Bertz CT molecular complexity index is 360. The molecule has 0 aromatic heterocycles. The van der Waals surface area contributed by atoms with Gasteiger partial charge in [-0.25, -0.2) is 0 Å². The number of aliphatic hydroxyl groups excluding tert-OH is 2. The minimum absolute atomic E-state index is 0.0405. The number of unbranched alkanes of at least 4 members (excludes halogenated alkanes) is 8. The second-order valence-electron chi connectivity index (χ2n) is 6.81. The highest BCUT2D eigenvalue weighted by molar-refractivity contribution is 5.76. The van der Waals surface area contributed by atoms with Crippen LogP contribution >= 0.6 is 0 Å². The first-order valence-corrected chi connectivity index (χ1v) is 10.6. The van der Waals surface area contributed by atoms with Crippen LogP contribution in [0.5, 0.6) is 0 Å². The predicted octanol–water partition coefficient (Wildman–Crippen LogP) is 4.61. The average Bonchev–Trinajstić information content (AvgIpc) is 2.64. The Labute approximate surface area is 161 Å². The van der Waals surface area contributed by atoms with Crippen molar-refractivity contribution in [3.63, 3.8) is 0 Å². The van der Waals surface area contributed by atoms with Crippen LogP contribution in [-0.4, -0.2) is 47.3 Å². The first-order chi connectivity index (χ1) is 12.8. The van der Waals surface area contributed by atoms with E-state index in [2.05, 4.69) is 31.2 Å². The molecule has 0 unspecified atom stereocenters. The number of hydrogen-bond acceptors (Lipinski definition) is 3. The summed E-state index contributed by atoms with van der Waals surface area (Å²) in [6.07, 6.45) is 22.5. The van der Waals surface area contributed by atoms with E-state index in [1.165, 1.54) is 44.9 Å². The van der Waals surface area contributed by atoms with Crippen molar-refractivity contribution < 1.29 is 15.0 Å². The summed E-state index contributed by atoms with van der Waals surface area (Å²) in [6.45, 7) is 2.78. The van der Waals surface area contributed by atoms with Gasteiger partial charge in [-0.05, 0) is 38.5 Å². The Balaban J connectivity index is 3.47. The smallest absolute Gasteiger partial charge is 0.222 e. The molecule has 0 saturated heterocycles. The first kappa shape index (κ1) is 24.9. The Hall–Kier alpha value is -1.13. The van der Waals surface area contributed by atoms with Crippen LogP contribution in [0.4, 0.5) is 0 Å². The maximum atomic E-state index is 11.9. The molecule has 4 nitrogen and oxygen atoms in total. The predicted molar refractivity (Wildman–Crippen MR) is 110 cm³/mol. The van der Waals surface area contributed by atoms with Gasteiger partial charge in [0.15, 0.2) is 0 Å². The fourth-order valence-electron chi connectivity index (χ4n) is 2.85. The molecule has 0 heterocycles. The van der Waals surface area contributed by atoms with E-state index in [4.69, 9.17) is 10.2 Å². The molecule has 26 heavy (non-hydrogen) atoms. The lowest BCUT2D eigenvalue weighted by molar-refractivity contribution is -0.132. The number of nitrogens with zero attached hydrogens (tertiary/aromatic N) is 1. The van der Waals surface area contributed by atoms with Gasteiger partial charge in [-0.3, -0.25) is 4.79 Å². The van der Waals surface area contributed by atoms with Crippen LogP contribution in [0, 0.1) is 0 Å². The number of carbonyl (C=O) groups is 1. The van der Waals surface area contributed by atoms with Gasteiger partial charge in [-0.15, -0.1) is 0 Å². The molecule has 2 N–H and O–H groups in total. The second-order valence-corrected chi connectivity index (χ2v) is 6.81. The SMILES string of the molecule is CCCCC/C=C\C/C=C\CCCCCCCC(=O)N(CCO)CCO. The summed E-state index contributed by atoms with van der Waals surface area (Å²) in [6, 6.07) is 0. The van der Waals surface area contributed by atoms with Crippen LogP contribution in [-0.2, 0) is 4.79 Å². The molecule has 0 aliphatic rings. The standard InChI is InChI=1S/C22H41NO3/c1-2-3-4-5-6-7-8-9-10-11-12-13-14-15-16-17-22(26)23(18-20-24)19-21-25/h6-7,9-10,24-25H,2-5,8,11-21H2,1H3/b7-6-,10-9-. The van der Waals surface area contributed by atoms with Gasteiger partial charge in [-0.2, -0.15) is 0 Å². The van der Waals surface area contributed by atoms with E-state index in [9.17, 15) is 4.79 Å². The Morgan fingerprint density at radius 3 is 1.88 bits per heavy atom. The normalized spacial score (nSPS) is 11.7. The summed E-state index contributed by atoms with van der Waals surface area (Å²) >= 11 is 0. The van der Waals surface area contributed by atoms with Crippen LogP contribution in [0.2, 0.25) is 0 Å². The Morgan fingerprint density at radius 1 is 0.769 bits per heavy atom. The third-order valence-electron chi connectivity index (χ3n) is 4.43. The van der Waals surface area contributed by atoms with Crippen LogP contribution in [0.15, 0.2) is 24.3 Å². The highest BCUT2D eigenvalue weighted by Gasteiger charge is 2.11. The fraction of sp³-hybridized carbons (Fsp3) is 0.773. The van der Waals surface area contributed by atoms with Gasteiger partial charge >= 0.3 is 0 Å². The zero-order chi connectivity index (χ0) is 19.3. The average molecular weight is 368 g/mol. The van der Waals surface area contributed by atoms with Gasteiger partial charge in [0, 0.05) is 19.5 Å². The maximum Gasteiger partial charge on any atom is 0.222 e. The number of amides is 1. The van der Waals surface area contributed by atoms with Crippen LogP contribution in [0.25, 0.3) is 0 Å². The number of rotatable bonds is 18. The summed E-state index contributed by atoms with van der Waals surface area (Å²) in [7, 11) is 0. The van der Waals surface area contributed by atoms with Crippen molar-refractivity contribution in [3.05, 3.63) is 24.3 Å². The van der Waals surface area contributed by atoms with Gasteiger partial charge in [-0.1, -0.05) is 63.3 Å². The van der Waals surface area contributed by atoms with E-state index < -0.39 is 0 Å². The highest BCUT2D eigenvalue weighted by atomic mass is 16.3. The lowest BCUT2D eigenvalue weighted by Gasteiger charge is -2.20. The van der Waals surface area contributed by atoms with Crippen molar-refractivity contribution >= 4 is 5.91 Å².